The number of carbonyl (C=O) groups excluding carboxylic acids is 1. The highest BCUT2D eigenvalue weighted by Crippen LogP contribution is 2.25. The lowest BCUT2D eigenvalue weighted by molar-refractivity contribution is -0.113. The van der Waals surface area contributed by atoms with E-state index in [2.05, 4.69) is 41.1 Å². The van der Waals surface area contributed by atoms with Crippen LogP contribution in [0.2, 0.25) is 5.02 Å². The summed E-state index contributed by atoms with van der Waals surface area (Å²) < 4.78 is 0. The lowest BCUT2D eigenvalue weighted by Crippen LogP contribution is -2.46. The first kappa shape index (κ1) is 21.0. The molecule has 1 aliphatic rings. The van der Waals surface area contributed by atoms with Crippen LogP contribution in [-0.4, -0.2) is 49.3 Å². The molecule has 2 aromatic rings. The van der Waals surface area contributed by atoms with E-state index in [9.17, 15) is 4.79 Å². The molecule has 0 aliphatic carbocycles. The number of rotatable bonds is 7. The molecule has 0 unspecified atom stereocenters. The topological polar surface area (TPSA) is 35.6 Å². The zero-order valence-electron chi connectivity index (χ0n) is 16.6. The molecule has 150 valence electrons. The molecule has 0 spiro atoms. The molecule has 28 heavy (non-hydrogen) atoms. The van der Waals surface area contributed by atoms with Crippen LogP contribution in [-0.2, 0) is 10.5 Å². The predicted molar refractivity (Wildman–Crippen MR) is 122 cm³/mol. The number of thioether (sulfide) groups is 1. The number of nitrogens with one attached hydrogen (secondary N) is 1. The van der Waals surface area contributed by atoms with Crippen molar-refractivity contribution in [1.82, 2.24) is 4.90 Å². The van der Waals surface area contributed by atoms with E-state index in [1.54, 1.807) is 11.8 Å². The van der Waals surface area contributed by atoms with Gasteiger partial charge in [-0.2, -0.15) is 0 Å². The zero-order chi connectivity index (χ0) is 19.9. The number of aryl methyl sites for hydroxylation is 1. The minimum absolute atomic E-state index is 0.0303. The highest BCUT2D eigenvalue weighted by atomic mass is 35.5. The number of halogens is 1. The third-order valence-electron chi connectivity index (χ3n) is 5.06. The molecule has 0 atom stereocenters. The SMILES string of the molecule is CCN1CCN(c2ccc(NC(=O)CSCc3ccc(Cl)cc3)cc2C)CC1. The summed E-state index contributed by atoms with van der Waals surface area (Å²) in [7, 11) is 0. The maximum atomic E-state index is 12.3. The van der Waals surface area contributed by atoms with Crippen LogP contribution in [0.3, 0.4) is 0 Å². The molecule has 1 N–H and O–H groups in total. The minimum atomic E-state index is 0.0303. The number of carbonyl (C=O) groups is 1. The Morgan fingerprint density at radius 1 is 1.11 bits per heavy atom. The average molecular weight is 418 g/mol. The lowest BCUT2D eigenvalue weighted by Gasteiger charge is -2.36. The molecule has 1 amide bonds. The molecule has 4 nitrogen and oxygen atoms in total. The van der Waals surface area contributed by atoms with Gasteiger partial charge in [-0.1, -0.05) is 30.7 Å². The molecule has 6 heteroatoms. The van der Waals surface area contributed by atoms with Gasteiger partial charge in [0.25, 0.3) is 0 Å². The number of benzene rings is 2. The summed E-state index contributed by atoms with van der Waals surface area (Å²) in [6, 6.07) is 14.0. The fraction of sp³-hybridized carbons (Fsp3) is 0.409. The van der Waals surface area contributed by atoms with Gasteiger partial charge in [-0.05, 0) is 54.9 Å². The third-order valence-corrected chi connectivity index (χ3v) is 6.31. The summed E-state index contributed by atoms with van der Waals surface area (Å²) in [5.41, 5.74) is 4.51. The van der Waals surface area contributed by atoms with E-state index in [1.807, 2.05) is 30.3 Å². The van der Waals surface area contributed by atoms with Crippen molar-refractivity contribution in [3.05, 3.63) is 58.6 Å². The molecule has 1 fully saturated rings. The summed E-state index contributed by atoms with van der Waals surface area (Å²) in [6.07, 6.45) is 0. The molecular weight excluding hydrogens is 390 g/mol. The van der Waals surface area contributed by atoms with E-state index in [0.29, 0.717) is 5.75 Å². The summed E-state index contributed by atoms with van der Waals surface area (Å²) in [5, 5.41) is 3.75. The van der Waals surface area contributed by atoms with Crippen molar-refractivity contribution in [2.45, 2.75) is 19.6 Å². The maximum Gasteiger partial charge on any atom is 0.234 e. The van der Waals surface area contributed by atoms with E-state index in [1.165, 1.54) is 16.8 Å². The lowest BCUT2D eigenvalue weighted by atomic mass is 10.1. The number of piperazine rings is 1. The van der Waals surface area contributed by atoms with Gasteiger partial charge in [-0.3, -0.25) is 4.79 Å². The van der Waals surface area contributed by atoms with E-state index >= 15 is 0 Å². The Balaban J connectivity index is 1.48. The van der Waals surface area contributed by atoms with Gasteiger partial charge in [-0.25, -0.2) is 0 Å². The van der Waals surface area contributed by atoms with Crippen molar-refractivity contribution in [2.75, 3.05) is 48.7 Å². The van der Waals surface area contributed by atoms with Crippen molar-refractivity contribution in [3.63, 3.8) is 0 Å². The number of amides is 1. The van der Waals surface area contributed by atoms with E-state index in [4.69, 9.17) is 11.6 Å². The van der Waals surface area contributed by atoms with E-state index < -0.39 is 0 Å². The fourth-order valence-corrected chi connectivity index (χ4v) is 4.35. The molecule has 0 saturated carbocycles. The van der Waals surface area contributed by atoms with E-state index in [-0.39, 0.29) is 5.91 Å². The summed E-state index contributed by atoms with van der Waals surface area (Å²) in [6.45, 7) is 9.79. The first-order chi connectivity index (χ1) is 13.5. The first-order valence-corrected chi connectivity index (χ1v) is 11.3. The van der Waals surface area contributed by atoms with Gasteiger partial charge in [0.1, 0.15) is 0 Å². The quantitative estimate of drug-likeness (QED) is 0.710. The van der Waals surface area contributed by atoms with Crippen LogP contribution in [0.1, 0.15) is 18.1 Å². The highest BCUT2D eigenvalue weighted by molar-refractivity contribution is 7.99. The van der Waals surface area contributed by atoms with Crippen molar-refractivity contribution < 1.29 is 4.79 Å². The summed E-state index contributed by atoms with van der Waals surface area (Å²) >= 11 is 7.50. The highest BCUT2D eigenvalue weighted by Gasteiger charge is 2.17. The Labute approximate surface area is 177 Å². The molecule has 2 aromatic carbocycles. The largest absolute Gasteiger partial charge is 0.369 e. The van der Waals surface area contributed by atoms with Crippen LogP contribution in [0.25, 0.3) is 0 Å². The van der Waals surface area contributed by atoms with Crippen LogP contribution in [0, 0.1) is 6.92 Å². The third kappa shape index (κ3) is 5.90. The van der Waals surface area contributed by atoms with Crippen molar-refractivity contribution >= 4 is 40.6 Å². The fourth-order valence-electron chi connectivity index (χ4n) is 3.43. The van der Waals surface area contributed by atoms with Gasteiger partial charge in [0, 0.05) is 48.3 Å². The Bertz CT molecular complexity index is 789. The van der Waals surface area contributed by atoms with Crippen LogP contribution in [0.4, 0.5) is 11.4 Å². The Morgan fingerprint density at radius 2 is 1.82 bits per heavy atom. The second-order valence-electron chi connectivity index (χ2n) is 7.09. The Hall–Kier alpha value is -1.69. The van der Waals surface area contributed by atoms with Gasteiger partial charge < -0.3 is 15.1 Å². The van der Waals surface area contributed by atoms with Crippen molar-refractivity contribution in [1.29, 1.82) is 0 Å². The van der Waals surface area contributed by atoms with Gasteiger partial charge in [0.2, 0.25) is 5.91 Å². The number of hydrogen-bond acceptors (Lipinski definition) is 4. The smallest absolute Gasteiger partial charge is 0.234 e. The molecule has 1 saturated heterocycles. The molecule has 3 rings (SSSR count). The minimum Gasteiger partial charge on any atom is -0.369 e. The molecular formula is C22H28ClN3OS. The van der Waals surface area contributed by atoms with E-state index in [0.717, 1.165) is 49.2 Å². The molecule has 1 aliphatic heterocycles. The van der Waals surface area contributed by atoms with Gasteiger partial charge in [-0.15, -0.1) is 11.8 Å². The number of likely N-dealkylation sites (N-methyl/N-ethyl adjacent to an activating group) is 1. The normalized spacial score (nSPS) is 14.9. The Kier molecular flexibility index (Phi) is 7.65. The van der Waals surface area contributed by atoms with Crippen LogP contribution < -0.4 is 10.2 Å². The second-order valence-corrected chi connectivity index (χ2v) is 8.51. The second kappa shape index (κ2) is 10.2. The number of hydrogen-bond donors (Lipinski definition) is 1. The summed E-state index contributed by atoms with van der Waals surface area (Å²) in [4.78, 5) is 17.2. The predicted octanol–water partition coefficient (Wildman–Crippen LogP) is 4.66. The van der Waals surface area contributed by atoms with Crippen LogP contribution >= 0.6 is 23.4 Å². The summed E-state index contributed by atoms with van der Waals surface area (Å²) in [5.74, 6) is 1.26. The standard InChI is InChI=1S/C22H28ClN3OS/c1-3-25-10-12-26(13-11-25)21-9-8-20(14-17(21)2)24-22(27)16-28-15-18-4-6-19(23)7-5-18/h4-9,14H,3,10-13,15-16H2,1-2H3,(H,24,27). The molecule has 0 radical (unpaired) electrons. The van der Waals surface area contributed by atoms with Crippen molar-refractivity contribution in [2.24, 2.45) is 0 Å². The average Bonchev–Trinajstić information content (AvgIpc) is 2.70. The monoisotopic (exact) mass is 417 g/mol. The van der Waals surface area contributed by atoms with Crippen LogP contribution in [0.5, 0.6) is 0 Å². The van der Waals surface area contributed by atoms with Crippen molar-refractivity contribution in [3.8, 4) is 0 Å². The number of anilines is 2. The van der Waals surface area contributed by atoms with Gasteiger partial charge >= 0.3 is 0 Å². The van der Waals surface area contributed by atoms with Gasteiger partial charge in [0.15, 0.2) is 0 Å². The number of nitrogens with zero attached hydrogens (tertiary/aromatic N) is 2. The first-order valence-electron chi connectivity index (χ1n) is 9.75. The van der Waals surface area contributed by atoms with Crippen LogP contribution in [0.15, 0.2) is 42.5 Å². The zero-order valence-corrected chi connectivity index (χ0v) is 18.2. The molecule has 0 bridgehead atoms. The molecule has 1 heterocycles. The maximum absolute atomic E-state index is 12.3. The molecule has 0 aromatic heterocycles. The van der Waals surface area contributed by atoms with Gasteiger partial charge in [0.05, 0.1) is 5.75 Å². The Morgan fingerprint density at radius 3 is 2.46 bits per heavy atom.